The second-order valence-electron chi connectivity index (χ2n) is 4.78. The van der Waals surface area contributed by atoms with Gasteiger partial charge in [-0.1, -0.05) is 35.5 Å². The van der Waals surface area contributed by atoms with Crippen LogP contribution in [0, 0.1) is 0 Å². The summed E-state index contributed by atoms with van der Waals surface area (Å²) in [6.07, 6.45) is 6.11. The minimum Gasteiger partial charge on any atom is -0.496 e. The van der Waals surface area contributed by atoms with E-state index >= 15 is 0 Å². The lowest BCUT2D eigenvalue weighted by molar-refractivity contribution is -0.140. The van der Waals surface area contributed by atoms with Gasteiger partial charge in [-0.05, 0) is 18.6 Å². The van der Waals surface area contributed by atoms with Gasteiger partial charge in [0.1, 0.15) is 11.4 Å². The fourth-order valence-corrected chi connectivity index (χ4v) is 2.19. The molecule has 5 heteroatoms. The van der Waals surface area contributed by atoms with E-state index in [0.29, 0.717) is 29.2 Å². The highest BCUT2D eigenvalue weighted by Crippen LogP contribution is 2.29. The summed E-state index contributed by atoms with van der Waals surface area (Å²) in [4.78, 5) is 11.8. The Kier molecular flexibility index (Phi) is 4.05. The number of benzene rings is 1. The average Bonchev–Trinajstić information content (AvgIpc) is 3.24. The predicted octanol–water partition coefficient (Wildman–Crippen LogP) is 3.28. The number of hydrogen-bond acceptors (Lipinski definition) is 5. The molecule has 0 saturated heterocycles. The van der Waals surface area contributed by atoms with Crippen LogP contribution in [-0.2, 0) is 16.1 Å². The van der Waals surface area contributed by atoms with Crippen molar-refractivity contribution in [2.45, 2.75) is 13.0 Å². The van der Waals surface area contributed by atoms with Crippen LogP contribution in [0.25, 0.3) is 11.3 Å². The minimum absolute atomic E-state index is 0.0539. The molecule has 1 aromatic heterocycles. The first-order chi connectivity index (χ1) is 10.8. The van der Waals surface area contributed by atoms with Crippen LogP contribution in [0.5, 0.6) is 5.75 Å². The molecule has 0 spiro atoms. The van der Waals surface area contributed by atoms with E-state index in [2.05, 4.69) is 5.16 Å². The molecule has 0 N–H and O–H groups in total. The van der Waals surface area contributed by atoms with Crippen LogP contribution in [0.2, 0.25) is 0 Å². The number of ether oxygens (including phenoxy) is 2. The monoisotopic (exact) mass is 297 g/mol. The van der Waals surface area contributed by atoms with Crippen LogP contribution in [0.15, 0.2) is 58.7 Å². The summed E-state index contributed by atoms with van der Waals surface area (Å²) in [5, 5.41) is 4.00. The van der Waals surface area contributed by atoms with E-state index in [1.54, 1.807) is 19.3 Å². The van der Waals surface area contributed by atoms with Crippen molar-refractivity contribution in [3.63, 3.8) is 0 Å². The van der Waals surface area contributed by atoms with Gasteiger partial charge in [-0.3, -0.25) is 0 Å². The lowest BCUT2D eigenvalue weighted by Crippen LogP contribution is -2.06. The SMILES string of the molecule is COc1ccccc1-c1cc(COC(=O)C2=CC=CC2)on1. The quantitative estimate of drug-likeness (QED) is 0.793. The molecule has 3 rings (SSSR count). The van der Waals surface area contributed by atoms with E-state index in [1.807, 2.05) is 36.4 Å². The Bertz CT molecular complexity index is 743. The first kappa shape index (κ1) is 14.1. The highest BCUT2D eigenvalue weighted by molar-refractivity contribution is 5.89. The summed E-state index contributed by atoms with van der Waals surface area (Å²) in [6.45, 7) is 0.0539. The first-order valence-electron chi connectivity index (χ1n) is 6.89. The molecule has 1 aromatic carbocycles. The van der Waals surface area contributed by atoms with Crippen molar-refractivity contribution < 1.29 is 18.8 Å². The van der Waals surface area contributed by atoms with Crippen LogP contribution in [0.3, 0.4) is 0 Å². The number of hydrogen-bond donors (Lipinski definition) is 0. The summed E-state index contributed by atoms with van der Waals surface area (Å²) < 4.78 is 15.7. The van der Waals surface area contributed by atoms with Gasteiger partial charge in [0, 0.05) is 17.2 Å². The number of carbonyl (C=O) groups excluding carboxylic acids is 1. The molecular weight excluding hydrogens is 282 g/mol. The van der Waals surface area contributed by atoms with Gasteiger partial charge < -0.3 is 14.0 Å². The Hall–Kier alpha value is -2.82. The second-order valence-corrected chi connectivity index (χ2v) is 4.78. The number of esters is 1. The Morgan fingerprint density at radius 2 is 2.23 bits per heavy atom. The van der Waals surface area contributed by atoms with Gasteiger partial charge in [-0.25, -0.2) is 4.79 Å². The molecule has 0 amide bonds. The smallest absolute Gasteiger partial charge is 0.334 e. The van der Waals surface area contributed by atoms with Crippen molar-refractivity contribution in [3.8, 4) is 17.0 Å². The molecule has 1 aliphatic rings. The number of nitrogens with zero attached hydrogens (tertiary/aromatic N) is 1. The summed E-state index contributed by atoms with van der Waals surface area (Å²) in [5.74, 6) is 0.864. The highest BCUT2D eigenvalue weighted by atomic mass is 16.5. The molecule has 2 aromatic rings. The largest absolute Gasteiger partial charge is 0.496 e. The molecule has 0 aliphatic heterocycles. The van der Waals surface area contributed by atoms with Gasteiger partial charge in [-0.15, -0.1) is 0 Å². The number of rotatable bonds is 5. The topological polar surface area (TPSA) is 61.6 Å². The number of carbonyl (C=O) groups is 1. The molecule has 0 radical (unpaired) electrons. The standard InChI is InChI=1S/C17H15NO4/c1-20-16-9-5-4-8-14(16)15-10-13(22-18-15)11-21-17(19)12-6-2-3-7-12/h2-6,8-10H,7,11H2,1H3. The molecular formula is C17H15NO4. The normalized spacial score (nSPS) is 13.0. The molecule has 0 fully saturated rings. The minimum atomic E-state index is -0.333. The molecule has 1 aliphatic carbocycles. The van der Waals surface area contributed by atoms with Crippen molar-refractivity contribution in [1.82, 2.24) is 5.16 Å². The van der Waals surface area contributed by atoms with Gasteiger partial charge in [0.15, 0.2) is 12.4 Å². The van der Waals surface area contributed by atoms with Crippen molar-refractivity contribution in [2.24, 2.45) is 0 Å². The summed E-state index contributed by atoms with van der Waals surface area (Å²) in [7, 11) is 1.60. The third-order valence-corrected chi connectivity index (χ3v) is 3.32. The number of para-hydroxylation sites is 1. The van der Waals surface area contributed by atoms with Crippen molar-refractivity contribution >= 4 is 5.97 Å². The zero-order valence-electron chi connectivity index (χ0n) is 12.1. The molecule has 0 bridgehead atoms. The molecule has 112 valence electrons. The summed E-state index contributed by atoms with van der Waals surface area (Å²) >= 11 is 0. The van der Waals surface area contributed by atoms with E-state index in [0.717, 1.165) is 5.56 Å². The number of methoxy groups -OCH3 is 1. The van der Waals surface area contributed by atoms with Crippen LogP contribution >= 0.6 is 0 Å². The van der Waals surface area contributed by atoms with E-state index in [9.17, 15) is 4.79 Å². The van der Waals surface area contributed by atoms with E-state index in [4.69, 9.17) is 14.0 Å². The van der Waals surface area contributed by atoms with Crippen LogP contribution in [-0.4, -0.2) is 18.2 Å². The Morgan fingerprint density at radius 3 is 3.00 bits per heavy atom. The average molecular weight is 297 g/mol. The summed E-state index contributed by atoms with van der Waals surface area (Å²) in [6, 6.07) is 9.26. The third-order valence-electron chi connectivity index (χ3n) is 3.32. The highest BCUT2D eigenvalue weighted by Gasteiger charge is 2.15. The molecule has 5 nitrogen and oxygen atoms in total. The maximum Gasteiger partial charge on any atom is 0.334 e. The maximum absolute atomic E-state index is 11.8. The molecule has 22 heavy (non-hydrogen) atoms. The van der Waals surface area contributed by atoms with E-state index in [-0.39, 0.29) is 12.6 Å². The Labute approximate surface area is 127 Å². The van der Waals surface area contributed by atoms with Gasteiger partial charge in [0.05, 0.1) is 7.11 Å². The lowest BCUT2D eigenvalue weighted by atomic mass is 10.1. The van der Waals surface area contributed by atoms with Crippen molar-refractivity contribution in [2.75, 3.05) is 7.11 Å². The Balaban J connectivity index is 1.67. The predicted molar refractivity (Wildman–Crippen MR) is 80.1 cm³/mol. The van der Waals surface area contributed by atoms with Crippen molar-refractivity contribution in [3.05, 3.63) is 59.9 Å². The van der Waals surface area contributed by atoms with Crippen molar-refractivity contribution in [1.29, 1.82) is 0 Å². The zero-order valence-corrected chi connectivity index (χ0v) is 12.1. The lowest BCUT2D eigenvalue weighted by Gasteiger charge is -2.04. The number of allylic oxidation sites excluding steroid dienone is 3. The first-order valence-corrected chi connectivity index (χ1v) is 6.89. The zero-order chi connectivity index (χ0) is 15.4. The molecule has 0 atom stereocenters. The summed E-state index contributed by atoms with van der Waals surface area (Å²) in [5.41, 5.74) is 2.11. The van der Waals surface area contributed by atoms with Gasteiger partial charge in [0.25, 0.3) is 0 Å². The van der Waals surface area contributed by atoms with Gasteiger partial charge >= 0.3 is 5.97 Å². The third kappa shape index (κ3) is 2.93. The molecule has 0 unspecified atom stereocenters. The fourth-order valence-electron chi connectivity index (χ4n) is 2.19. The second kappa shape index (κ2) is 6.30. The molecule has 0 saturated carbocycles. The maximum atomic E-state index is 11.8. The number of aromatic nitrogens is 1. The van der Waals surface area contributed by atoms with E-state index in [1.165, 1.54) is 0 Å². The molecule has 1 heterocycles. The van der Waals surface area contributed by atoms with Crippen LogP contribution in [0.1, 0.15) is 12.2 Å². The van der Waals surface area contributed by atoms with Gasteiger partial charge in [-0.2, -0.15) is 0 Å². The van der Waals surface area contributed by atoms with Crippen LogP contribution in [0.4, 0.5) is 0 Å². The van der Waals surface area contributed by atoms with Gasteiger partial charge in [0.2, 0.25) is 0 Å². The van der Waals surface area contributed by atoms with E-state index < -0.39 is 0 Å². The van der Waals surface area contributed by atoms with Crippen LogP contribution < -0.4 is 4.74 Å². The fraction of sp³-hybridized carbons (Fsp3) is 0.176. The Morgan fingerprint density at radius 1 is 1.36 bits per heavy atom.